The number of H-pyrrole nitrogens is 1. The van der Waals surface area contributed by atoms with Crippen LogP contribution in [0.15, 0.2) is 45.8 Å². The molecule has 1 aromatic carbocycles. The Balaban J connectivity index is 1.86. The number of allylic oxidation sites excluding steroid dienone is 1. The first-order chi connectivity index (χ1) is 10.7. The molecule has 0 unspecified atom stereocenters. The van der Waals surface area contributed by atoms with Crippen LogP contribution in [0.25, 0.3) is 10.9 Å². The maximum atomic E-state index is 4.59. The minimum Gasteiger partial charge on any atom is -0.361 e. The molecule has 0 atom stereocenters. The molecule has 0 fully saturated rings. The lowest BCUT2D eigenvalue weighted by Crippen LogP contribution is -2.34. The summed E-state index contributed by atoms with van der Waals surface area (Å²) in [5, 5.41) is 1.28. The van der Waals surface area contributed by atoms with Crippen LogP contribution >= 0.6 is 0 Å². The summed E-state index contributed by atoms with van der Waals surface area (Å²) in [4.78, 5) is 12.4. The lowest BCUT2D eigenvalue weighted by Gasteiger charge is -2.21. The van der Waals surface area contributed by atoms with E-state index in [1.54, 1.807) is 0 Å². The van der Waals surface area contributed by atoms with Crippen molar-refractivity contribution in [1.29, 1.82) is 0 Å². The van der Waals surface area contributed by atoms with Gasteiger partial charge in [-0.05, 0) is 37.1 Å². The normalized spacial score (nSPS) is 19.7. The van der Waals surface area contributed by atoms with E-state index >= 15 is 0 Å². The van der Waals surface area contributed by atoms with Gasteiger partial charge in [-0.25, -0.2) is 4.58 Å². The van der Waals surface area contributed by atoms with Gasteiger partial charge < -0.3 is 4.98 Å². The number of nitrogens with one attached hydrogen (secondary N) is 1. The number of hydrogen-bond acceptors (Lipinski definition) is 2. The predicted octanol–water partition coefficient (Wildman–Crippen LogP) is 3.07. The van der Waals surface area contributed by atoms with E-state index in [1.807, 2.05) is 13.3 Å². The molecule has 1 N–H and O–H groups in total. The van der Waals surface area contributed by atoms with Crippen molar-refractivity contribution >= 4 is 28.5 Å². The first-order valence-corrected chi connectivity index (χ1v) is 7.62. The lowest BCUT2D eigenvalue weighted by molar-refractivity contribution is -0.456. The summed E-state index contributed by atoms with van der Waals surface area (Å²) in [7, 11) is 3.96. The van der Waals surface area contributed by atoms with Crippen LogP contribution in [0.5, 0.6) is 0 Å². The topological polar surface area (TPSA) is 43.5 Å². The Bertz CT molecular complexity index is 906. The molecule has 0 aliphatic carbocycles. The van der Waals surface area contributed by atoms with Gasteiger partial charge in [0.2, 0.25) is 0 Å². The fourth-order valence-corrected chi connectivity index (χ4v) is 3.36. The zero-order chi connectivity index (χ0) is 15.3. The summed E-state index contributed by atoms with van der Waals surface area (Å²) < 4.78 is 2.17. The van der Waals surface area contributed by atoms with Gasteiger partial charge in [-0.3, -0.25) is 4.99 Å². The SMILES string of the molecule is CN=C1CCC=NC2=C1C(c1ccc3[nH]cc(C)c3c1)=[N+]2C. The van der Waals surface area contributed by atoms with Crippen molar-refractivity contribution in [2.45, 2.75) is 19.8 Å². The van der Waals surface area contributed by atoms with E-state index in [0.717, 1.165) is 24.4 Å². The maximum Gasteiger partial charge on any atom is 0.336 e. The summed E-state index contributed by atoms with van der Waals surface area (Å²) in [6.45, 7) is 2.14. The first kappa shape index (κ1) is 13.2. The molecule has 0 saturated carbocycles. The molecular weight excluding hydrogens is 272 g/mol. The number of aromatic nitrogens is 1. The van der Waals surface area contributed by atoms with Crippen molar-refractivity contribution < 1.29 is 4.58 Å². The Hall–Kier alpha value is -2.49. The molecule has 0 amide bonds. The molecule has 3 heterocycles. The molecule has 0 saturated heterocycles. The summed E-state index contributed by atoms with van der Waals surface area (Å²) >= 11 is 0. The Labute approximate surface area is 129 Å². The van der Waals surface area contributed by atoms with Gasteiger partial charge in [0, 0.05) is 36.1 Å². The highest BCUT2D eigenvalue weighted by Crippen LogP contribution is 2.30. The second kappa shape index (κ2) is 4.77. The molecule has 0 radical (unpaired) electrons. The van der Waals surface area contributed by atoms with Crippen molar-refractivity contribution in [2.24, 2.45) is 9.98 Å². The van der Waals surface area contributed by atoms with Crippen molar-refractivity contribution in [2.75, 3.05) is 14.1 Å². The zero-order valence-corrected chi connectivity index (χ0v) is 13.1. The van der Waals surface area contributed by atoms with E-state index in [0.29, 0.717) is 0 Å². The van der Waals surface area contributed by atoms with E-state index in [-0.39, 0.29) is 0 Å². The Kier molecular flexibility index (Phi) is 2.86. The highest BCUT2D eigenvalue weighted by atomic mass is 15.2. The summed E-state index contributed by atoms with van der Waals surface area (Å²) in [6, 6.07) is 6.59. The smallest absolute Gasteiger partial charge is 0.336 e. The minimum absolute atomic E-state index is 0.955. The highest BCUT2D eigenvalue weighted by molar-refractivity contribution is 6.31. The van der Waals surface area contributed by atoms with Crippen molar-refractivity contribution in [3.8, 4) is 0 Å². The first-order valence-electron chi connectivity index (χ1n) is 7.62. The molecular formula is C18H19N4+. The fourth-order valence-electron chi connectivity index (χ4n) is 3.36. The largest absolute Gasteiger partial charge is 0.361 e. The van der Waals surface area contributed by atoms with E-state index in [2.05, 4.69) is 57.9 Å². The molecule has 22 heavy (non-hydrogen) atoms. The van der Waals surface area contributed by atoms with Crippen LogP contribution in [0.3, 0.4) is 0 Å². The Morgan fingerprint density at radius 3 is 3.00 bits per heavy atom. The predicted molar refractivity (Wildman–Crippen MR) is 91.4 cm³/mol. The number of hydrogen-bond donors (Lipinski definition) is 1. The molecule has 0 spiro atoms. The third-order valence-electron chi connectivity index (χ3n) is 4.56. The number of benzene rings is 1. The molecule has 1 aromatic heterocycles. The van der Waals surface area contributed by atoms with E-state index in [9.17, 15) is 0 Å². The summed E-state index contributed by atoms with van der Waals surface area (Å²) in [6.07, 6.45) is 5.97. The second-order valence-corrected chi connectivity index (χ2v) is 5.86. The summed E-state index contributed by atoms with van der Waals surface area (Å²) in [5.41, 5.74) is 7.29. The van der Waals surface area contributed by atoms with Crippen molar-refractivity contribution in [3.63, 3.8) is 0 Å². The van der Waals surface area contributed by atoms with Gasteiger partial charge in [0.25, 0.3) is 0 Å². The van der Waals surface area contributed by atoms with Crippen LogP contribution in [0.4, 0.5) is 0 Å². The third kappa shape index (κ3) is 1.73. The molecule has 2 aliphatic heterocycles. The number of fused-ring (bicyclic) bond motifs is 1. The number of aromatic amines is 1. The fraction of sp³-hybridized carbons (Fsp3) is 0.278. The van der Waals surface area contributed by atoms with Crippen LogP contribution in [0, 0.1) is 6.92 Å². The van der Waals surface area contributed by atoms with Gasteiger partial charge in [-0.1, -0.05) is 4.99 Å². The van der Waals surface area contributed by atoms with Crippen molar-refractivity contribution in [3.05, 3.63) is 46.9 Å². The van der Waals surface area contributed by atoms with Crippen LogP contribution in [0.2, 0.25) is 0 Å². The Morgan fingerprint density at radius 2 is 2.18 bits per heavy atom. The second-order valence-electron chi connectivity index (χ2n) is 5.86. The summed E-state index contributed by atoms with van der Waals surface area (Å²) in [5.74, 6) is 1.04. The average molecular weight is 291 g/mol. The maximum absolute atomic E-state index is 4.59. The number of aryl methyl sites for hydroxylation is 1. The van der Waals surface area contributed by atoms with E-state index in [1.165, 1.54) is 33.3 Å². The molecule has 2 aromatic rings. The minimum atomic E-state index is 0.955. The van der Waals surface area contributed by atoms with E-state index in [4.69, 9.17) is 0 Å². The standard InChI is InChI=1S/C18H18N4/c1-11-10-21-14-7-6-12(9-13(11)14)17-16-15(19-2)5-4-8-20-18(16)22(17)3/h6-10H,4-5H2,1-3H3/p+1. The van der Waals surface area contributed by atoms with Gasteiger partial charge in [-0.15, -0.1) is 0 Å². The van der Waals surface area contributed by atoms with Gasteiger partial charge >= 0.3 is 5.82 Å². The van der Waals surface area contributed by atoms with Gasteiger partial charge in [0.05, 0.1) is 12.8 Å². The molecule has 0 bridgehead atoms. The van der Waals surface area contributed by atoms with Gasteiger partial charge in [-0.2, -0.15) is 0 Å². The van der Waals surface area contributed by atoms with Crippen LogP contribution in [0.1, 0.15) is 24.0 Å². The average Bonchev–Trinajstić information content (AvgIpc) is 2.79. The zero-order valence-electron chi connectivity index (χ0n) is 13.1. The quantitative estimate of drug-likeness (QED) is 0.785. The van der Waals surface area contributed by atoms with Gasteiger partial charge in [0.15, 0.2) is 5.71 Å². The lowest BCUT2D eigenvalue weighted by atomic mass is 9.91. The van der Waals surface area contributed by atoms with E-state index < -0.39 is 0 Å². The molecule has 4 rings (SSSR count). The molecule has 4 heteroatoms. The highest BCUT2D eigenvalue weighted by Gasteiger charge is 2.39. The number of nitrogens with zero attached hydrogens (tertiary/aromatic N) is 3. The van der Waals surface area contributed by atoms with Crippen LogP contribution in [-0.4, -0.2) is 41.3 Å². The monoisotopic (exact) mass is 291 g/mol. The number of aliphatic imine (C=N–C) groups is 2. The van der Waals surface area contributed by atoms with Gasteiger partial charge in [0.1, 0.15) is 11.8 Å². The van der Waals surface area contributed by atoms with Crippen LogP contribution < -0.4 is 0 Å². The third-order valence-corrected chi connectivity index (χ3v) is 4.56. The van der Waals surface area contributed by atoms with Crippen molar-refractivity contribution in [1.82, 2.24) is 4.98 Å². The molecule has 4 nitrogen and oxygen atoms in total. The molecule has 110 valence electrons. The Morgan fingerprint density at radius 1 is 1.32 bits per heavy atom. The number of rotatable bonds is 1. The molecule has 2 aliphatic rings. The van der Waals surface area contributed by atoms with Crippen LogP contribution in [-0.2, 0) is 0 Å².